The number of nitrogens with one attached hydrogen (secondary N) is 2. The van der Waals surface area contributed by atoms with Gasteiger partial charge in [-0.05, 0) is 37.5 Å². The number of alkyl halides is 2. The first-order chi connectivity index (χ1) is 13.1. The molecule has 0 aliphatic carbocycles. The van der Waals surface area contributed by atoms with Crippen molar-refractivity contribution in [2.75, 3.05) is 33.4 Å². The molecule has 27 heavy (non-hydrogen) atoms. The van der Waals surface area contributed by atoms with Gasteiger partial charge in [-0.15, -0.1) is 0 Å². The molecule has 1 aromatic carbocycles. The van der Waals surface area contributed by atoms with Crippen LogP contribution in [0.25, 0.3) is 0 Å². The quantitative estimate of drug-likeness (QED) is 0.375. The highest BCUT2D eigenvalue weighted by atomic mass is 35.5. The Morgan fingerprint density at radius 1 is 1.33 bits per heavy atom. The van der Waals surface area contributed by atoms with E-state index in [4.69, 9.17) is 21.1 Å². The predicted molar refractivity (Wildman–Crippen MR) is 101 cm³/mol. The molecule has 0 amide bonds. The van der Waals surface area contributed by atoms with Crippen LogP contribution in [0.4, 0.5) is 8.78 Å². The molecule has 0 spiro atoms. The highest BCUT2D eigenvalue weighted by Gasteiger charge is 2.14. The van der Waals surface area contributed by atoms with Gasteiger partial charge in [0.15, 0.2) is 5.96 Å². The minimum absolute atomic E-state index is 0.0854. The van der Waals surface area contributed by atoms with Crippen molar-refractivity contribution in [2.24, 2.45) is 4.99 Å². The normalized spacial score (nSPS) is 15.8. The number of ether oxygens (including phenoxy) is 3. The second-order valence-electron chi connectivity index (χ2n) is 6.02. The van der Waals surface area contributed by atoms with Crippen LogP contribution < -0.4 is 15.4 Å². The third-order valence-corrected chi connectivity index (χ3v) is 4.28. The monoisotopic (exact) mass is 405 g/mol. The lowest BCUT2D eigenvalue weighted by atomic mass is 10.1. The number of hydrogen-bond acceptors (Lipinski definition) is 4. The Balaban J connectivity index is 1.71. The van der Waals surface area contributed by atoms with Crippen molar-refractivity contribution >= 4 is 17.6 Å². The van der Waals surface area contributed by atoms with Gasteiger partial charge in [0.1, 0.15) is 5.75 Å². The maximum absolute atomic E-state index is 12.5. The molecule has 0 aromatic heterocycles. The van der Waals surface area contributed by atoms with E-state index in [-0.39, 0.29) is 18.4 Å². The third-order valence-electron chi connectivity index (χ3n) is 4.04. The van der Waals surface area contributed by atoms with Gasteiger partial charge in [-0.1, -0.05) is 11.6 Å². The molecule has 0 bridgehead atoms. The van der Waals surface area contributed by atoms with Gasteiger partial charge >= 0.3 is 6.61 Å². The van der Waals surface area contributed by atoms with Crippen LogP contribution in [0.5, 0.6) is 5.75 Å². The Morgan fingerprint density at radius 2 is 2.11 bits per heavy atom. The van der Waals surface area contributed by atoms with Gasteiger partial charge in [0.05, 0.1) is 6.10 Å². The van der Waals surface area contributed by atoms with Crippen LogP contribution in [0.15, 0.2) is 23.2 Å². The minimum Gasteiger partial charge on any atom is -0.434 e. The highest BCUT2D eigenvalue weighted by Crippen LogP contribution is 2.24. The fourth-order valence-electron chi connectivity index (χ4n) is 2.67. The van der Waals surface area contributed by atoms with Gasteiger partial charge in [0.2, 0.25) is 0 Å². The largest absolute Gasteiger partial charge is 0.434 e. The van der Waals surface area contributed by atoms with E-state index in [1.165, 1.54) is 12.1 Å². The fourth-order valence-corrected chi connectivity index (χ4v) is 2.86. The topological polar surface area (TPSA) is 64.1 Å². The molecule has 1 aliphatic heterocycles. The number of rotatable bonds is 9. The van der Waals surface area contributed by atoms with Crippen LogP contribution in [-0.4, -0.2) is 52.1 Å². The molecule has 152 valence electrons. The molecular weight excluding hydrogens is 380 g/mol. The number of hydrogen-bond donors (Lipinski definition) is 2. The van der Waals surface area contributed by atoms with Crippen molar-refractivity contribution in [2.45, 2.75) is 38.5 Å². The zero-order chi connectivity index (χ0) is 19.5. The zero-order valence-electron chi connectivity index (χ0n) is 15.3. The molecule has 2 rings (SSSR count). The third kappa shape index (κ3) is 8.28. The number of halogens is 3. The average Bonchev–Trinajstić information content (AvgIpc) is 2.66. The molecule has 0 unspecified atom stereocenters. The first kappa shape index (κ1) is 21.7. The van der Waals surface area contributed by atoms with Crippen molar-refractivity contribution in [1.29, 1.82) is 0 Å². The fraction of sp³-hybridized carbons (Fsp3) is 0.611. The van der Waals surface area contributed by atoms with Crippen LogP contribution in [-0.2, 0) is 16.0 Å². The molecule has 6 nitrogen and oxygen atoms in total. The Kier molecular flexibility index (Phi) is 9.58. The first-order valence-corrected chi connectivity index (χ1v) is 9.33. The first-order valence-electron chi connectivity index (χ1n) is 8.95. The van der Waals surface area contributed by atoms with E-state index in [1.807, 2.05) is 0 Å². The zero-order valence-corrected chi connectivity index (χ0v) is 16.1. The molecule has 1 heterocycles. The molecular formula is C18H26ClF2N3O3. The van der Waals surface area contributed by atoms with Crippen molar-refractivity contribution in [1.82, 2.24) is 10.6 Å². The van der Waals surface area contributed by atoms with Crippen molar-refractivity contribution in [3.05, 3.63) is 28.8 Å². The van der Waals surface area contributed by atoms with E-state index in [0.29, 0.717) is 29.7 Å². The van der Waals surface area contributed by atoms with Gasteiger partial charge in [-0.2, -0.15) is 8.78 Å². The Labute approximate surface area is 163 Å². The lowest BCUT2D eigenvalue weighted by molar-refractivity contribution is -0.0504. The summed E-state index contributed by atoms with van der Waals surface area (Å²) in [5.41, 5.74) is 0.522. The SMILES string of the molecule is CN=C(NCCCOC1CCOCC1)NCc1cc(Cl)ccc1OC(F)F. The van der Waals surface area contributed by atoms with Gasteiger partial charge in [-0.25, -0.2) is 0 Å². The van der Waals surface area contributed by atoms with E-state index in [1.54, 1.807) is 13.1 Å². The molecule has 2 N–H and O–H groups in total. The van der Waals surface area contributed by atoms with Gasteiger partial charge in [0.25, 0.3) is 0 Å². The van der Waals surface area contributed by atoms with Crippen molar-refractivity contribution in [3.63, 3.8) is 0 Å². The van der Waals surface area contributed by atoms with Crippen LogP contribution in [0.1, 0.15) is 24.8 Å². The van der Waals surface area contributed by atoms with Gasteiger partial charge in [0, 0.05) is 50.5 Å². The van der Waals surface area contributed by atoms with Crippen LogP contribution in [0.3, 0.4) is 0 Å². The number of benzene rings is 1. The number of nitrogens with zero attached hydrogens (tertiary/aromatic N) is 1. The Bertz CT molecular complexity index is 599. The highest BCUT2D eigenvalue weighted by molar-refractivity contribution is 6.30. The summed E-state index contributed by atoms with van der Waals surface area (Å²) in [6, 6.07) is 4.52. The summed E-state index contributed by atoms with van der Waals surface area (Å²) in [6.45, 7) is 0.230. The summed E-state index contributed by atoms with van der Waals surface area (Å²) in [5.74, 6) is 0.645. The Morgan fingerprint density at radius 3 is 2.81 bits per heavy atom. The summed E-state index contributed by atoms with van der Waals surface area (Å²) in [7, 11) is 1.64. The van der Waals surface area contributed by atoms with E-state index in [2.05, 4.69) is 20.4 Å². The summed E-state index contributed by atoms with van der Waals surface area (Å²) in [4.78, 5) is 4.12. The maximum atomic E-state index is 12.5. The average molecular weight is 406 g/mol. The Hall–Kier alpha value is -1.64. The molecule has 1 aromatic rings. The molecule has 0 atom stereocenters. The summed E-state index contributed by atoms with van der Waals surface area (Å²) >= 11 is 5.95. The maximum Gasteiger partial charge on any atom is 0.387 e. The molecule has 9 heteroatoms. The molecule has 1 aliphatic rings. The van der Waals surface area contributed by atoms with Crippen molar-refractivity contribution < 1.29 is 23.0 Å². The standard InChI is InChI=1S/C18H26ClF2N3O3/c1-22-18(23-7-2-8-26-15-5-9-25-10-6-15)24-12-13-11-14(19)3-4-16(13)27-17(20)21/h3-4,11,15,17H,2,5-10,12H2,1H3,(H2,22,23,24). The van der Waals surface area contributed by atoms with Gasteiger partial charge < -0.3 is 24.8 Å². The second-order valence-corrected chi connectivity index (χ2v) is 6.46. The van der Waals surface area contributed by atoms with E-state index < -0.39 is 6.61 Å². The lowest BCUT2D eigenvalue weighted by Crippen LogP contribution is -2.37. The lowest BCUT2D eigenvalue weighted by Gasteiger charge is -2.22. The van der Waals surface area contributed by atoms with Crippen LogP contribution in [0.2, 0.25) is 5.02 Å². The smallest absolute Gasteiger partial charge is 0.387 e. The second kappa shape index (κ2) is 11.9. The number of aliphatic imine (C=N–C) groups is 1. The summed E-state index contributed by atoms with van der Waals surface area (Å²) < 4.78 is 40.6. The van der Waals surface area contributed by atoms with Crippen molar-refractivity contribution in [3.8, 4) is 5.75 Å². The minimum atomic E-state index is -2.89. The van der Waals surface area contributed by atoms with Crippen LogP contribution >= 0.6 is 11.6 Å². The van der Waals surface area contributed by atoms with E-state index >= 15 is 0 Å². The molecule has 0 radical (unpaired) electrons. The number of guanidine groups is 1. The predicted octanol–water partition coefficient (Wildman–Crippen LogP) is 3.19. The molecule has 0 saturated carbocycles. The molecule has 1 fully saturated rings. The van der Waals surface area contributed by atoms with E-state index in [9.17, 15) is 8.78 Å². The van der Waals surface area contributed by atoms with Gasteiger partial charge in [-0.3, -0.25) is 4.99 Å². The van der Waals surface area contributed by atoms with E-state index in [0.717, 1.165) is 32.5 Å². The summed E-state index contributed by atoms with van der Waals surface area (Å²) in [5, 5.41) is 6.68. The van der Waals surface area contributed by atoms with Crippen LogP contribution in [0, 0.1) is 0 Å². The molecule has 1 saturated heterocycles. The summed E-state index contributed by atoms with van der Waals surface area (Å²) in [6.07, 6.45) is 3.00.